The van der Waals surface area contributed by atoms with Gasteiger partial charge in [-0.3, -0.25) is 4.90 Å². The first-order chi connectivity index (χ1) is 16.8. The van der Waals surface area contributed by atoms with E-state index in [0.717, 1.165) is 25.9 Å². The maximum atomic E-state index is 10.3. The summed E-state index contributed by atoms with van der Waals surface area (Å²) in [5.41, 5.74) is 4.09. The molecule has 3 aromatic rings. The molecular weight excluding hydrogens is 458 g/mol. The standard InChI is InChI=1S/C26H27NOS.C3H6O3/c1-19-25-17-20-11-12-22(28)18-24(20)26(19,21-7-3-2-4-8-21)13-15-27(25)14-5-9-23-10-6-16-29-23;1-2(4)3(5)6/h2-12,16,18-19,25,28H,13-15,17H2,1H3;2,4H,1H3,(H,5,6)/b9-5+;. The molecule has 6 heteroatoms. The minimum absolute atomic E-state index is 0.0216. The van der Waals surface area contributed by atoms with Gasteiger partial charge in [0.1, 0.15) is 11.9 Å². The van der Waals surface area contributed by atoms with Crippen LogP contribution in [0.5, 0.6) is 5.75 Å². The van der Waals surface area contributed by atoms with Gasteiger partial charge in [0.2, 0.25) is 0 Å². The lowest BCUT2D eigenvalue weighted by atomic mass is 9.55. The number of phenolic OH excluding ortho intramolecular Hbond substituents is 1. The molecule has 35 heavy (non-hydrogen) atoms. The van der Waals surface area contributed by atoms with E-state index in [-0.39, 0.29) is 5.41 Å². The molecule has 4 atom stereocenters. The van der Waals surface area contributed by atoms with Crippen molar-refractivity contribution in [3.05, 3.63) is 93.7 Å². The fraction of sp³-hybridized carbons (Fsp3) is 0.345. The molecule has 1 aromatic heterocycles. The Balaban J connectivity index is 0.000000431. The van der Waals surface area contributed by atoms with Crippen LogP contribution in [0.3, 0.4) is 0 Å². The number of aliphatic hydroxyl groups is 1. The fourth-order valence-electron chi connectivity index (χ4n) is 5.64. The second-order valence-electron chi connectivity index (χ2n) is 9.42. The van der Waals surface area contributed by atoms with Crippen molar-refractivity contribution in [2.45, 2.75) is 44.2 Å². The molecule has 0 spiro atoms. The van der Waals surface area contributed by atoms with E-state index in [2.05, 4.69) is 77.9 Å². The summed E-state index contributed by atoms with van der Waals surface area (Å²) in [6.45, 7) is 5.68. The number of thiophene rings is 1. The number of likely N-dealkylation sites (tertiary alicyclic amines) is 1. The highest BCUT2D eigenvalue weighted by Crippen LogP contribution is 2.53. The van der Waals surface area contributed by atoms with E-state index in [9.17, 15) is 9.90 Å². The van der Waals surface area contributed by atoms with E-state index in [0.29, 0.717) is 17.7 Å². The molecule has 1 aliphatic carbocycles. The van der Waals surface area contributed by atoms with E-state index >= 15 is 0 Å². The van der Waals surface area contributed by atoms with Gasteiger partial charge in [-0.15, -0.1) is 11.3 Å². The fourth-order valence-corrected chi connectivity index (χ4v) is 6.29. The Morgan fingerprint density at radius 2 is 1.94 bits per heavy atom. The molecule has 1 fully saturated rings. The Hall–Kier alpha value is -2.93. The quantitative estimate of drug-likeness (QED) is 0.459. The van der Waals surface area contributed by atoms with Gasteiger partial charge in [-0.1, -0.05) is 55.5 Å². The van der Waals surface area contributed by atoms with Crippen molar-refractivity contribution >= 4 is 23.4 Å². The molecule has 0 saturated carbocycles. The summed E-state index contributed by atoms with van der Waals surface area (Å²) in [6, 6.07) is 21.8. The number of nitrogens with zero attached hydrogens (tertiary/aromatic N) is 1. The number of aliphatic hydroxyl groups excluding tert-OH is 1. The van der Waals surface area contributed by atoms with Crippen LogP contribution < -0.4 is 0 Å². The van der Waals surface area contributed by atoms with Gasteiger partial charge in [-0.2, -0.15) is 0 Å². The average Bonchev–Trinajstić information content (AvgIpc) is 3.36. The third-order valence-electron chi connectivity index (χ3n) is 7.43. The maximum Gasteiger partial charge on any atom is 0.332 e. The van der Waals surface area contributed by atoms with Crippen molar-refractivity contribution in [1.29, 1.82) is 0 Å². The molecule has 3 N–H and O–H groups in total. The summed E-state index contributed by atoms with van der Waals surface area (Å²) in [4.78, 5) is 13.4. The van der Waals surface area contributed by atoms with Gasteiger partial charge in [0.15, 0.2) is 0 Å². The number of fused-ring (bicyclic) bond motifs is 4. The van der Waals surface area contributed by atoms with Crippen LogP contribution in [0, 0.1) is 5.92 Å². The molecule has 2 heterocycles. The average molecular weight is 492 g/mol. The predicted octanol–water partition coefficient (Wildman–Crippen LogP) is 5.17. The van der Waals surface area contributed by atoms with Crippen molar-refractivity contribution in [3.8, 4) is 5.75 Å². The normalized spacial score (nSPS) is 24.3. The molecule has 0 amide bonds. The topological polar surface area (TPSA) is 81.0 Å². The molecule has 0 radical (unpaired) electrons. The molecule has 1 aliphatic heterocycles. The van der Waals surface area contributed by atoms with Crippen LogP contribution in [-0.2, 0) is 16.6 Å². The molecule has 1 saturated heterocycles. The molecule has 184 valence electrons. The molecular formula is C29H33NO4S. The number of hydrogen-bond acceptors (Lipinski definition) is 5. The summed E-state index contributed by atoms with van der Waals surface area (Å²) in [5.74, 6) is -0.316. The minimum Gasteiger partial charge on any atom is -0.508 e. The predicted molar refractivity (Wildman–Crippen MR) is 141 cm³/mol. The molecule has 4 unspecified atom stereocenters. The highest BCUT2D eigenvalue weighted by Gasteiger charge is 2.51. The number of hydrogen-bond donors (Lipinski definition) is 3. The zero-order valence-electron chi connectivity index (χ0n) is 20.2. The summed E-state index contributed by atoms with van der Waals surface area (Å²) >= 11 is 1.79. The summed E-state index contributed by atoms with van der Waals surface area (Å²) in [5, 5.41) is 28.2. The van der Waals surface area contributed by atoms with Crippen LogP contribution in [0.25, 0.3) is 6.08 Å². The van der Waals surface area contributed by atoms with E-state index < -0.39 is 12.1 Å². The highest BCUT2D eigenvalue weighted by atomic mass is 32.1. The number of carboxylic acids is 1. The maximum absolute atomic E-state index is 10.3. The van der Waals surface area contributed by atoms with Gasteiger partial charge in [-0.25, -0.2) is 4.79 Å². The van der Waals surface area contributed by atoms with Gasteiger partial charge in [0, 0.05) is 22.9 Å². The van der Waals surface area contributed by atoms with Crippen molar-refractivity contribution in [2.75, 3.05) is 13.1 Å². The van der Waals surface area contributed by atoms with Crippen molar-refractivity contribution in [3.63, 3.8) is 0 Å². The van der Waals surface area contributed by atoms with Crippen LogP contribution in [0.2, 0.25) is 0 Å². The lowest BCUT2D eigenvalue weighted by molar-refractivity contribution is -0.145. The van der Waals surface area contributed by atoms with Crippen LogP contribution in [0.4, 0.5) is 0 Å². The lowest BCUT2D eigenvalue weighted by Gasteiger charge is -2.56. The van der Waals surface area contributed by atoms with Crippen molar-refractivity contribution in [2.24, 2.45) is 5.92 Å². The second kappa shape index (κ2) is 10.8. The van der Waals surface area contributed by atoms with Gasteiger partial charge >= 0.3 is 5.97 Å². The number of aliphatic carboxylic acids is 1. The van der Waals surface area contributed by atoms with E-state index in [1.807, 2.05) is 12.1 Å². The Morgan fingerprint density at radius 3 is 2.60 bits per heavy atom. The van der Waals surface area contributed by atoms with Gasteiger partial charge in [0.25, 0.3) is 0 Å². The molecule has 5 nitrogen and oxygen atoms in total. The van der Waals surface area contributed by atoms with Gasteiger partial charge in [0.05, 0.1) is 0 Å². The number of aromatic hydroxyl groups is 1. The second-order valence-corrected chi connectivity index (χ2v) is 10.4. The summed E-state index contributed by atoms with van der Waals surface area (Å²) in [7, 11) is 0. The Bertz CT molecular complexity index is 1160. The van der Waals surface area contributed by atoms with E-state index in [1.165, 1.54) is 28.5 Å². The van der Waals surface area contributed by atoms with E-state index in [1.54, 1.807) is 11.3 Å². The Morgan fingerprint density at radius 1 is 1.20 bits per heavy atom. The first kappa shape index (κ1) is 25.2. The number of benzene rings is 2. The largest absolute Gasteiger partial charge is 0.508 e. The summed E-state index contributed by atoms with van der Waals surface area (Å²) < 4.78 is 0. The van der Waals surface area contributed by atoms with Crippen LogP contribution >= 0.6 is 11.3 Å². The third kappa shape index (κ3) is 5.20. The Labute approximate surface area is 211 Å². The first-order valence-corrected chi connectivity index (χ1v) is 12.9. The number of rotatable bonds is 5. The Kier molecular flexibility index (Phi) is 7.75. The number of carboxylic acid groups (broad SMARTS) is 1. The lowest BCUT2D eigenvalue weighted by Crippen LogP contribution is -2.59. The number of piperidine rings is 1. The molecule has 2 bridgehead atoms. The van der Waals surface area contributed by atoms with Crippen LogP contribution in [0.15, 0.2) is 72.1 Å². The van der Waals surface area contributed by atoms with Gasteiger partial charge < -0.3 is 15.3 Å². The molecule has 2 aliphatic rings. The first-order valence-electron chi connectivity index (χ1n) is 12.1. The highest BCUT2D eigenvalue weighted by molar-refractivity contribution is 7.10. The van der Waals surface area contributed by atoms with Crippen molar-refractivity contribution < 1.29 is 20.1 Å². The summed E-state index contributed by atoms with van der Waals surface area (Å²) in [6.07, 6.45) is 5.48. The molecule has 5 rings (SSSR count). The monoisotopic (exact) mass is 491 g/mol. The molecule has 2 aromatic carbocycles. The number of carbonyl (C=O) groups is 1. The zero-order chi connectivity index (χ0) is 25.0. The van der Waals surface area contributed by atoms with Crippen LogP contribution in [0.1, 0.15) is 41.8 Å². The van der Waals surface area contributed by atoms with Gasteiger partial charge in [-0.05, 0) is 78.6 Å². The van der Waals surface area contributed by atoms with Crippen LogP contribution in [-0.4, -0.2) is 51.4 Å². The SMILES string of the molecule is CC(O)C(=O)O.CC1C2Cc3ccc(O)cc3C1(c1ccccc1)CCN2C/C=C/c1cccs1. The number of phenols is 1. The minimum atomic E-state index is -1.23. The smallest absolute Gasteiger partial charge is 0.332 e. The zero-order valence-corrected chi connectivity index (χ0v) is 21.0. The van der Waals surface area contributed by atoms with E-state index in [4.69, 9.17) is 10.2 Å². The van der Waals surface area contributed by atoms with Crippen molar-refractivity contribution in [1.82, 2.24) is 4.90 Å². The third-order valence-corrected chi connectivity index (χ3v) is 8.27.